The first-order valence-corrected chi connectivity index (χ1v) is 9.00. The standard InChI is InChI=1S/C18H17FN6S/c19-14-4-1-11(2-5-14)7-15(20)10-21-18-25-24-17(26-18)12-3-6-16-13(8-12)9-22-23-16/h1-6,8-9,15H,7,10,20H2,(H,21,25)(H,22,23)/t15-/m0/s1. The van der Waals surface area contributed by atoms with Crippen LogP contribution < -0.4 is 11.1 Å². The molecule has 0 spiro atoms. The van der Waals surface area contributed by atoms with Crippen LogP contribution in [0, 0.1) is 5.82 Å². The average Bonchev–Trinajstić information content (AvgIpc) is 3.30. The van der Waals surface area contributed by atoms with Gasteiger partial charge in [-0.05, 0) is 42.3 Å². The Morgan fingerprint density at radius 2 is 2.00 bits per heavy atom. The maximum atomic E-state index is 12.9. The van der Waals surface area contributed by atoms with Crippen LogP contribution >= 0.6 is 11.3 Å². The van der Waals surface area contributed by atoms with E-state index in [4.69, 9.17) is 5.73 Å². The number of anilines is 1. The van der Waals surface area contributed by atoms with E-state index in [0.29, 0.717) is 13.0 Å². The molecule has 0 bridgehead atoms. The molecule has 0 fully saturated rings. The van der Waals surface area contributed by atoms with E-state index >= 15 is 0 Å². The predicted molar refractivity (Wildman–Crippen MR) is 102 cm³/mol. The fourth-order valence-corrected chi connectivity index (χ4v) is 3.45. The number of halogens is 1. The minimum absolute atomic E-state index is 0.102. The van der Waals surface area contributed by atoms with E-state index in [9.17, 15) is 4.39 Å². The van der Waals surface area contributed by atoms with Gasteiger partial charge >= 0.3 is 0 Å². The molecule has 0 saturated carbocycles. The van der Waals surface area contributed by atoms with Gasteiger partial charge in [-0.3, -0.25) is 5.10 Å². The maximum absolute atomic E-state index is 12.9. The van der Waals surface area contributed by atoms with Crippen molar-refractivity contribution in [3.63, 3.8) is 0 Å². The molecule has 132 valence electrons. The second-order valence-corrected chi connectivity index (χ2v) is 7.03. The van der Waals surface area contributed by atoms with E-state index in [0.717, 1.165) is 32.2 Å². The number of aromatic nitrogens is 4. The van der Waals surface area contributed by atoms with Gasteiger partial charge in [0.15, 0.2) is 0 Å². The zero-order chi connectivity index (χ0) is 17.9. The summed E-state index contributed by atoms with van der Waals surface area (Å²) in [5, 5.41) is 21.2. The molecule has 0 saturated heterocycles. The fourth-order valence-electron chi connectivity index (χ4n) is 2.70. The van der Waals surface area contributed by atoms with Crippen LogP contribution in [0.5, 0.6) is 0 Å². The van der Waals surface area contributed by atoms with Crippen LogP contribution in [0.3, 0.4) is 0 Å². The van der Waals surface area contributed by atoms with Crippen LogP contribution in [0.4, 0.5) is 9.52 Å². The first-order chi connectivity index (χ1) is 12.7. The molecule has 0 aliphatic rings. The van der Waals surface area contributed by atoms with Gasteiger partial charge in [-0.15, -0.1) is 10.2 Å². The van der Waals surface area contributed by atoms with E-state index in [1.807, 2.05) is 18.2 Å². The van der Waals surface area contributed by atoms with E-state index in [1.54, 1.807) is 18.3 Å². The lowest BCUT2D eigenvalue weighted by Crippen LogP contribution is -2.31. The lowest BCUT2D eigenvalue weighted by molar-refractivity contribution is 0.625. The van der Waals surface area contributed by atoms with Crippen molar-refractivity contribution in [2.75, 3.05) is 11.9 Å². The third-order valence-electron chi connectivity index (χ3n) is 4.04. The highest BCUT2D eigenvalue weighted by Crippen LogP contribution is 2.28. The second kappa shape index (κ2) is 7.19. The van der Waals surface area contributed by atoms with Crippen LogP contribution in [-0.4, -0.2) is 33.0 Å². The number of hydrogen-bond donors (Lipinski definition) is 3. The highest BCUT2D eigenvalue weighted by molar-refractivity contribution is 7.18. The van der Waals surface area contributed by atoms with Gasteiger partial charge in [0.2, 0.25) is 5.13 Å². The summed E-state index contributed by atoms with van der Waals surface area (Å²) in [4.78, 5) is 0. The minimum atomic E-state index is -0.240. The summed E-state index contributed by atoms with van der Waals surface area (Å²) >= 11 is 1.48. The molecule has 0 amide bonds. The van der Waals surface area contributed by atoms with E-state index in [-0.39, 0.29) is 11.9 Å². The second-order valence-electron chi connectivity index (χ2n) is 6.06. The Labute approximate surface area is 153 Å². The van der Waals surface area contributed by atoms with Crippen molar-refractivity contribution in [3.8, 4) is 10.6 Å². The zero-order valence-electron chi connectivity index (χ0n) is 13.8. The van der Waals surface area contributed by atoms with Crippen molar-refractivity contribution in [2.24, 2.45) is 5.73 Å². The third-order valence-corrected chi connectivity index (χ3v) is 4.97. The molecule has 4 rings (SSSR count). The smallest absolute Gasteiger partial charge is 0.206 e. The molecule has 0 radical (unpaired) electrons. The molecule has 26 heavy (non-hydrogen) atoms. The lowest BCUT2D eigenvalue weighted by Gasteiger charge is -2.11. The number of fused-ring (bicyclic) bond motifs is 1. The van der Waals surface area contributed by atoms with Crippen LogP contribution in [0.2, 0.25) is 0 Å². The molecule has 6 nitrogen and oxygen atoms in total. The number of nitrogens with zero attached hydrogens (tertiary/aromatic N) is 3. The molecule has 4 N–H and O–H groups in total. The number of rotatable bonds is 6. The molecular formula is C18H17FN6S. The Morgan fingerprint density at radius 3 is 2.85 bits per heavy atom. The van der Waals surface area contributed by atoms with E-state index in [2.05, 4.69) is 25.7 Å². The average molecular weight is 368 g/mol. The van der Waals surface area contributed by atoms with Crippen LogP contribution in [-0.2, 0) is 6.42 Å². The Morgan fingerprint density at radius 1 is 1.15 bits per heavy atom. The Hall–Kier alpha value is -2.84. The van der Waals surface area contributed by atoms with Gasteiger partial charge in [0.1, 0.15) is 10.8 Å². The first kappa shape index (κ1) is 16.6. The molecule has 2 heterocycles. The van der Waals surface area contributed by atoms with E-state index in [1.165, 1.54) is 23.5 Å². The summed E-state index contributed by atoms with van der Waals surface area (Å²) in [6, 6.07) is 12.3. The number of aromatic amines is 1. The predicted octanol–water partition coefficient (Wildman–Crippen LogP) is 3.20. The Balaban J connectivity index is 1.37. The van der Waals surface area contributed by atoms with Crippen molar-refractivity contribution in [1.82, 2.24) is 20.4 Å². The monoisotopic (exact) mass is 368 g/mol. The van der Waals surface area contributed by atoms with Crippen molar-refractivity contribution in [1.29, 1.82) is 0 Å². The van der Waals surface area contributed by atoms with Gasteiger partial charge < -0.3 is 11.1 Å². The largest absolute Gasteiger partial charge is 0.359 e. The van der Waals surface area contributed by atoms with Gasteiger partial charge in [-0.2, -0.15) is 5.10 Å². The fraction of sp³-hybridized carbons (Fsp3) is 0.167. The maximum Gasteiger partial charge on any atom is 0.206 e. The van der Waals surface area contributed by atoms with Gasteiger partial charge in [0.05, 0.1) is 11.7 Å². The molecule has 0 aliphatic heterocycles. The van der Waals surface area contributed by atoms with Crippen molar-refractivity contribution >= 4 is 27.4 Å². The van der Waals surface area contributed by atoms with Crippen molar-refractivity contribution in [2.45, 2.75) is 12.5 Å². The molecule has 0 unspecified atom stereocenters. The quantitative estimate of drug-likeness (QED) is 0.486. The summed E-state index contributed by atoms with van der Waals surface area (Å²) in [6.45, 7) is 0.562. The molecule has 8 heteroatoms. The number of hydrogen-bond acceptors (Lipinski definition) is 6. The normalized spacial score (nSPS) is 12.4. The van der Waals surface area contributed by atoms with Gasteiger partial charge in [0, 0.05) is 23.5 Å². The van der Waals surface area contributed by atoms with Crippen LogP contribution in [0.1, 0.15) is 5.56 Å². The molecule has 4 aromatic rings. The SMILES string of the molecule is N[C@H](CNc1nnc(-c2ccc3[nH]ncc3c2)s1)Cc1ccc(F)cc1. The topological polar surface area (TPSA) is 92.5 Å². The number of benzene rings is 2. The summed E-state index contributed by atoms with van der Waals surface area (Å²) in [5.41, 5.74) is 9.15. The summed E-state index contributed by atoms with van der Waals surface area (Å²) in [5.74, 6) is -0.240. The molecule has 1 atom stereocenters. The van der Waals surface area contributed by atoms with E-state index < -0.39 is 0 Å². The van der Waals surface area contributed by atoms with Gasteiger partial charge in [-0.25, -0.2) is 4.39 Å². The number of H-pyrrole nitrogens is 1. The van der Waals surface area contributed by atoms with Crippen LogP contribution in [0.15, 0.2) is 48.7 Å². The first-order valence-electron chi connectivity index (χ1n) is 8.18. The molecule has 0 aliphatic carbocycles. The van der Waals surface area contributed by atoms with Crippen molar-refractivity contribution < 1.29 is 4.39 Å². The van der Waals surface area contributed by atoms with Gasteiger partial charge in [0.25, 0.3) is 0 Å². The molecular weight excluding hydrogens is 351 g/mol. The highest BCUT2D eigenvalue weighted by atomic mass is 32.1. The lowest BCUT2D eigenvalue weighted by atomic mass is 10.1. The molecule has 2 aromatic heterocycles. The summed E-state index contributed by atoms with van der Waals surface area (Å²) < 4.78 is 12.9. The Kier molecular flexibility index (Phi) is 4.59. The number of nitrogens with two attached hydrogens (primary N) is 1. The van der Waals surface area contributed by atoms with Gasteiger partial charge in [-0.1, -0.05) is 23.5 Å². The number of nitrogens with one attached hydrogen (secondary N) is 2. The van der Waals surface area contributed by atoms with Crippen molar-refractivity contribution in [3.05, 3.63) is 60.0 Å². The highest BCUT2D eigenvalue weighted by Gasteiger charge is 2.10. The molecule has 2 aromatic carbocycles. The summed E-state index contributed by atoms with van der Waals surface area (Å²) in [6.07, 6.45) is 2.45. The Bertz CT molecular complexity index is 1010. The third kappa shape index (κ3) is 3.71. The zero-order valence-corrected chi connectivity index (χ0v) is 14.6. The minimum Gasteiger partial charge on any atom is -0.359 e. The van der Waals surface area contributed by atoms with Crippen LogP contribution in [0.25, 0.3) is 21.5 Å². The summed E-state index contributed by atoms with van der Waals surface area (Å²) in [7, 11) is 0.